The average Bonchev–Trinajstić information content (AvgIpc) is 2.23. The summed E-state index contributed by atoms with van der Waals surface area (Å²) in [6, 6.07) is 0. The number of rotatable bonds is 8. The summed E-state index contributed by atoms with van der Waals surface area (Å²) in [5, 5.41) is 0. The van der Waals surface area contributed by atoms with Gasteiger partial charge >= 0.3 is 5.97 Å². The van der Waals surface area contributed by atoms with Crippen LogP contribution in [-0.4, -0.2) is 44.9 Å². The van der Waals surface area contributed by atoms with E-state index < -0.39 is 16.2 Å². The smallest absolute Gasteiger partial charge is 0.321 e. The lowest BCUT2D eigenvalue weighted by Crippen LogP contribution is -2.44. The largest absolute Gasteiger partial charge is 0.465 e. The Bertz CT molecular complexity index is 327. The first-order chi connectivity index (χ1) is 7.83. The van der Waals surface area contributed by atoms with Crippen molar-refractivity contribution in [3.8, 4) is 0 Å². The Morgan fingerprint density at radius 2 is 1.94 bits per heavy atom. The highest BCUT2D eigenvalue weighted by Crippen LogP contribution is 2.00. The lowest BCUT2D eigenvalue weighted by Gasteiger charge is -2.20. The highest BCUT2D eigenvalue weighted by Gasteiger charge is 2.23. The lowest BCUT2D eigenvalue weighted by molar-refractivity contribution is -0.143. The quantitative estimate of drug-likeness (QED) is 0.644. The van der Waals surface area contributed by atoms with Gasteiger partial charge in [0.1, 0.15) is 6.54 Å². The van der Waals surface area contributed by atoms with Crippen LogP contribution in [0.15, 0.2) is 0 Å². The average molecular weight is 266 g/mol. The van der Waals surface area contributed by atoms with Gasteiger partial charge in [0.2, 0.25) is 0 Å². The summed E-state index contributed by atoms with van der Waals surface area (Å²) in [6.45, 7) is 7.74. The zero-order chi connectivity index (χ0) is 13.5. The SMILES string of the molecule is CCOC(=O)CN(CC)S(=O)(=O)NCC(C)C. The van der Waals surface area contributed by atoms with Crippen LogP contribution in [0.25, 0.3) is 0 Å². The maximum Gasteiger partial charge on any atom is 0.321 e. The van der Waals surface area contributed by atoms with Gasteiger partial charge in [0.15, 0.2) is 0 Å². The molecule has 0 spiro atoms. The van der Waals surface area contributed by atoms with Gasteiger partial charge in [-0.25, -0.2) is 4.72 Å². The fraction of sp³-hybridized carbons (Fsp3) is 0.900. The zero-order valence-corrected chi connectivity index (χ0v) is 11.7. The number of ether oxygens (including phenoxy) is 1. The van der Waals surface area contributed by atoms with E-state index in [0.29, 0.717) is 6.54 Å². The first-order valence-electron chi connectivity index (χ1n) is 5.73. The molecule has 0 aliphatic carbocycles. The Morgan fingerprint density at radius 1 is 1.35 bits per heavy atom. The van der Waals surface area contributed by atoms with Crippen LogP contribution in [0.5, 0.6) is 0 Å². The third-order valence-electron chi connectivity index (χ3n) is 1.98. The highest BCUT2D eigenvalue weighted by atomic mass is 32.2. The van der Waals surface area contributed by atoms with Crippen molar-refractivity contribution in [2.75, 3.05) is 26.2 Å². The monoisotopic (exact) mass is 266 g/mol. The molecule has 0 saturated heterocycles. The molecule has 0 aromatic heterocycles. The Labute approximate surface area is 104 Å². The summed E-state index contributed by atoms with van der Waals surface area (Å²) in [7, 11) is -3.60. The van der Waals surface area contributed by atoms with Crippen LogP contribution in [-0.2, 0) is 19.7 Å². The second-order valence-electron chi connectivity index (χ2n) is 3.98. The first kappa shape index (κ1) is 16.3. The van der Waals surface area contributed by atoms with Crippen molar-refractivity contribution < 1.29 is 17.9 Å². The van der Waals surface area contributed by atoms with Gasteiger partial charge in [0, 0.05) is 13.1 Å². The molecular weight excluding hydrogens is 244 g/mol. The predicted octanol–water partition coefficient (Wildman–Crippen LogP) is 0.362. The van der Waals surface area contributed by atoms with Crippen molar-refractivity contribution in [3.63, 3.8) is 0 Å². The first-order valence-corrected chi connectivity index (χ1v) is 7.17. The number of hydrogen-bond acceptors (Lipinski definition) is 4. The number of likely N-dealkylation sites (N-methyl/N-ethyl adjacent to an activating group) is 1. The summed E-state index contributed by atoms with van der Waals surface area (Å²) < 4.78 is 31.9. The molecule has 0 aromatic carbocycles. The van der Waals surface area contributed by atoms with Crippen LogP contribution in [0.4, 0.5) is 0 Å². The van der Waals surface area contributed by atoms with Crippen molar-refractivity contribution in [2.24, 2.45) is 5.92 Å². The van der Waals surface area contributed by atoms with E-state index >= 15 is 0 Å². The van der Waals surface area contributed by atoms with E-state index in [1.54, 1.807) is 13.8 Å². The predicted molar refractivity (Wildman–Crippen MR) is 65.6 cm³/mol. The second-order valence-corrected chi connectivity index (χ2v) is 5.73. The molecule has 0 heterocycles. The Kier molecular flexibility index (Phi) is 7.33. The second kappa shape index (κ2) is 7.62. The molecular formula is C10H22N2O4S. The number of hydrogen-bond donors (Lipinski definition) is 1. The minimum Gasteiger partial charge on any atom is -0.465 e. The van der Waals surface area contributed by atoms with E-state index in [1.807, 2.05) is 13.8 Å². The van der Waals surface area contributed by atoms with Gasteiger partial charge in [-0.2, -0.15) is 12.7 Å². The number of carbonyl (C=O) groups is 1. The molecule has 0 saturated carbocycles. The number of carbonyl (C=O) groups excluding carboxylic acids is 1. The molecule has 0 rings (SSSR count). The molecule has 1 N–H and O–H groups in total. The van der Waals surface area contributed by atoms with Crippen molar-refractivity contribution >= 4 is 16.2 Å². The van der Waals surface area contributed by atoms with E-state index in [2.05, 4.69) is 4.72 Å². The molecule has 7 heteroatoms. The van der Waals surface area contributed by atoms with Gasteiger partial charge in [-0.3, -0.25) is 4.79 Å². The number of nitrogens with zero attached hydrogens (tertiary/aromatic N) is 1. The minimum absolute atomic E-state index is 0.214. The van der Waals surface area contributed by atoms with E-state index in [9.17, 15) is 13.2 Å². The van der Waals surface area contributed by atoms with Crippen LogP contribution < -0.4 is 4.72 Å². The summed E-state index contributed by atoms with van der Waals surface area (Å²) in [5.74, 6) is -0.324. The van der Waals surface area contributed by atoms with Crippen LogP contribution in [0, 0.1) is 5.92 Å². The van der Waals surface area contributed by atoms with E-state index in [1.165, 1.54) is 0 Å². The summed E-state index contributed by atoms with van der Waals surface area (Å²) in [5.41, 5.74) is 0. The van der Waals surface area contributed by atoms with E-state index in [4.69, 9.17) is 4.74 Å². The molecule has 102 valence electrons. The molecule has 0 amide bonds. The standard InChI is InChI=1S/C10H22N2O4S/c1-5-12(8-10(13)16-6-2)17(14,15)11-7-9(3)4/h9,11H,5-8H2,1-4H3. The number of nitrogens with one attached hydrogen (secondary N) is 1. The van der Waals surface area contributed by atoms with Crippen LogP contribution in [0.1, 0.15) is 27.7 Å². The molecule has 0 radical (unpaired) electrons. The van der Waals surface area contributed by atoms with Gasteiger partial charge in [-0.15, -0.1) is 0 Å². The van der Waals surface area contributed by atoms with Crippen molar-refractivity contribution in [1.82, 2.24) is 9.03 Å². The molecule has 0 unspecified atom stereocenters. The maximum atomic E-state index is 11.8. The maximum absolute atomic E-state index is 11.8. The molecule has 17 heavy (non-hydrogen) atoms. The summed E-state index contributed by atoms with van der Waals surface area (Å²) >= 11 is 0. The van der Waals surface area contributed by atoms with Crippen LogP contribution >= 0.6 is 0 Å². The molecule has 6 nitrogen and oxygen atoms in total. The van der Waals surface area contributed by atoms with Gasteiger partial charge in [0.25, 0.3) is 10.2 Å². The van der Waals surface area contributed by atoms with Gasteiger partial charge < -0.3 is 4.74 Å². The van der Waals surface area contributed by atoms with Gasteiger partial charge in [0.05, 0.1) is 6.61 Å². The third-order valence-corrected chi connectivity index (χ3v) is 3.58. The zero-order valence-electron chi connectivity index (χ0n) is 10.9. The minimum atomic E-state index is -3.60. The summed E-state index contributed by atoms with van der Waals surface area (Å²) in [6.07, 6.45) is 0. The van der Waals surface area contributed by atoms with Gasteiger partial charge in [-0.1, -0.05) is 20.8 Å². The van der Waals surface area contributed by atoms with Crippen molar-refractivity contribution in [1.29, 1.82) is 0 Å². The molecule has 0 aromatic rings. The molecule has 0 fully saturated rings. The van der Waals surface area contributed by atoms with Crippen LogP contribution in [0.3, 0.4) is 0 Å². The Balaban J connectivity index is 4.47. The molecule has 0 aliphatic heterocycles. The van der Waals surface area contributed by atoms with Crippen LogP contribution in [0.2, 0.25) is 0 Å². The fourth-order valence-corrected chi connectivity index (χ4v) is 2.42. The Morgan fingerprint density at radius 3 is 2.35 bits per heavy atom. The molecule has 0 aliphatic rings. The highest BCUT2D eigenvalue weighted by molar-refractivity contribution is 7.87. The van der Waals surface area contributed by atoms with E-state index in [0.717, 1.165) is 4.31 Å². The van der Waals surface area contributed by atoms with Crippen molar-refractivity contribution in [3.05, 3.63) is 0 Å². The third kappa shape index (κ3) is 6.60. The topological polar surface area (TPSA) is 75.7 Å². The normalized spacial score (nSPS) is 12.1. The van der Waals surface area contributed by atoms with E-state index in [-0.39, 0.29) is 25.6 Å². The fourth-order valence-electron chi connectivity index (χ4n) is 1.08. The Hall–Kier alpha value is -0.660. The molecule has 0 bridgehead atoms. The summed E-state index contributed by atoms with van der Waals surface area (Å²) in [4.78, 5) is 11.2. The van der Waals surface area contributed by atoms with Gasteiger partial charge in [-0.05, 0) is 12.8 Å². The van der Waals surface area contributed by atoms with Crippen molar-refractivity contribution in [2.45, 2.75) is 27.7 Å². The number of esters is 1. The lowest BCUT2D eigenvalue weighted by atomic mass is 10.2. The molecule has 0 atom stereocenters.